The highest BCUT2D eigenvalue weighted by Gasteiger charge is 2.48. The first-order valence-electron chi connectivity index (χ1n) is 7.10. The third-order valence-corrected chi connectivity index (χ3v) is 4.16. The predicted molar refractivity (Wildman–Crippen MR) is 88.4 cm³/mol. The van der Waals surface area contributed by atoms with Gasteiger partial charge in [-0.05, 0) is 17.2 Å². The van der Waals surface area contributed by atoms with Gasteiger partial charge >= 0.3 is 5.97 Å². The maximum absolute atomic E-state index is 12.9. The summed E-state index contributed by atoms with van der Waals surface area (Å²) in [5, 5.41) is 0.471. The van der Waals surface area contributed by atoms with Gasteiger partial charge in [0.25, 0.3) is 0 Å². The average Bonchev–Trinajstić information content (AvgIpc) is 3.12. The van der Waals surface area contributed by atoms with Gasteiger partial charge in [-0.25, -0.2) is 4.98 Å². The van der Waals surface area contributed by atoms with Crippen molar-refractivity contribution in [3.63, 3.8) is 0 Å². The number of methoxy groups -OCH3 is 1. The average molecular weight is 327 g/mol. The normalized spacial score (nSPS) is 13.3. The standard InChI is InChI=1S/C18H15ClN2O2/c1-23-17(22)18(16-20-11-12-21-16,13-7-3-2-4-8-13)14-9-5-6-10-15(14)19/h2-12H,1H3,(H,20,21). The Morgan fingerprint density at radius 1 is 1.13 bits per heavy atom. The van der Waals surface area contributed by atoms with Gasteiger partial charge in [-0.3, -0.25) is 4.79 Å². The molecule has 1 heterocycles. The van der Waals surface area contributed by atoms with Crippen LogP contribution in [0.5, 0.6) is 0 Å². The lowest BCUT2D eigenvalue weighted by Gasteiger charge is -2.31. The highest BCUT2D eigenvalue weighted by Crippen LogP contribution is 2.41. The minimum absolute atomic E-state index is 0.452. The zero-order valence-corrected chi connectivity index (χ0v) is 13.2. The molecule has 1 aromatic heterocycles. The lowest BCUT2D eigenvalue weighted by Crippen LogP contribution is -2.40. The first-order valence-corrected chi connectivity index (χ1v) is 7.48. The van der Waals surface area contributed by atoms with E-state index in [1.807, 2.05) is 48.5 Å². The number of carbonyl (C=O) groups is 1. The van der Waals surface area contributed by atoms with Crippen molar-refractivity contribution < 1.29 is 9.53 Å². The van der Waals surface area contributed by atoms with Crippen molar-refractivity contribution in [3.8, 4) is 0 Å². The van der Waals surface area contributed by atoms with Gasteiger partial charge in [0.05, 0.1) is 7.11 Å². The van der Waals surface area contributed by atoms with Crippen molar-refractivity contribution in [2.24, 2.45) is 0 Å². The van der Waals surface area contributed by atoms with Crippen LogP contribution >= 0.6 is 11.6 Å². The Bertz CT molecular complexity index is 803. The zero-order valence-electron chi connectivity index (χ0n) is 12.5. The summed E-state index contributed by atoms with van der Waals surface area (Å²) in [7, 11) is 1.36. The lowest BCUT2D eigenvalue weighted by atomic mass is 9.73. The summed E-state index contributed by atoms with van der Waals surface area (Å²) in [5.41, 5.74) is 0.0993. The molecule has 5 heteroatoms. The largest absolute Gasteiger partial charge is 0.468 e. The smallest absolute Gasteiger partial charge is 0.328 e. The molecule has 3 aromatic rings. The molecule has 0 aliphatic carbocycles. The van der Waals surface area contributed by atoms with Crippen LogP contribution in [0.4, 0.5) is 0 Å². The number of imidazole rings is 1. The maximum Gasteiger partial charge on any atom is 0.328 e. The first-order chi connectivity index (χ1) is 11.2. The van der Waals surface area contributed by atoms with Crippen LogP contribution < -0.4 is 0 Å². The van der Waals surface area contributed by atoms with Crippen molar-refractivity contribution in [2.45, 2.75) is 5.41 Å². The van der Waals surface area contributed by atoms with Crippen molar-refractivity contribution in [1.82, 2.24) is 9.97 Å². The minimum Gasteiger partial charge on any atom is -0.468 e. The van der Waals surface area contributed by atoms with Crippen LogP contribution in [0.3, 0.4) is 0 Å². The fourth-order valence-corrected chi connectivity index (χ4v) is 3.10. The van der Waals surface area contributed by atoms with E-state index in [0.29, 0.717) is 16.4 Å². The Morgan fingerprint density at radius 3 is 2.43 bits per heavy atom. The molecule has 0 fully saturated rings. The van der Waals surface area contributed by atoms with Crippen molar-refractivity contribution in [3.05, 3.63) is 89.0 Å². The topological polar surface area (TPSA) is 55.0 Å². The summed E-state index contributed by atoms with van der Waals surface area (Å²) < 4.78 is 5.15. The number of nitrogens with zero attached hydrogens (tertiary/aromatic N) is 1. The molecule has 0 saturated heterocycles. The highest BCUT2D eigenvalue weighted by atomic mass is 35.5. The number of H-pyrrole nitrogens is 1. The van der Waals surface area contributed by atoms with Crippen LogP contribution in [0.25, 0.3) is 0 Å². The minimum atomic E-state index is -1.25. The molecule has 0 amide bonds. The molecule has 0 aliphatic heterocycles. The van der Waals surface area contributed by atoms with Gasteiger partial charge in [0, 0.05) is 17.4 Å². The molecule has 23 heavy (non-hydrogen) atoms. The Balaban J connectivity index is 2.41. The van der Waals surface area contributed by atoms with Crippen LogP contribution in [-0.4, -0.2) is 23.0 Å². The van der Waals surface area contributed by atoms with E-state index in [-0.39, 0.29) is 0 Å². The fraction of sp³-hybridized carbons (Fsp3) is 0.111. The summed E-state index contributed by atoms with van der Waals surface area (Å²) in [6.45, 7) is 0. The van der Waals surface area contributed by atoms with Crippen LogP contribution in [0, 0.1) is 0 Å². The van der Waals surface area contributed by atoms with Crippen molar-refractivity contribution >= 4 is 17.6 Å². The van der Waals surface area contributed by atoms with Gasteiger partial charge in [-0.15, -0.1) is 0 Å². The molecule has 1 atom stereocenters. The number of hydrogen-bond acceptors (Lipinski definition) is 3. The quantitative estimate of drug-likeness (QED) is 0.746. The number of rotatable bonds is 4. The summed E-state index contributed by atoms with van der Waals surface area (Å²) >= 11 is 6.43. The molecule has 4 nitrogen and oxygen atoms in total. The SMILES string of the molecule is COC(=O)C(c1ccccc1)(c1ncc[nH]1)c1ccccc1Cl. The Labute approximate surface area is 139 Å². The lowest BCUT2D eigenvalue weighted by molar-refractivity contribution is -0.144. The van der Waals surface area contributed by atoms with E-state index in [0.717, 1.165) is 5.56 Å². The van der Waals surface area contributed by atoms with E-state index in [4.69, 9.17) is 16.3 Å². The Morgan fingerprint density at radius 2 is 1.83 bits per heavy atom. The molecule has 1 N–H and O–H groups in total. The fourth-order valence-electron chi connectivity index (χ4n) is 2.82. The molecule has 1 unspecified atom stereocenters. The van der Waals surface area contributed by atoms with Gasteiger partial charge in [0.2, 0.25) is 0 Å². The van der Waals surface area contributed by atoms with Crippen LogP contribution in [-0.2, 0) is 14.9 Å². The molecule has 116 valence electrons. The summed E-state index contributed by atoms with van der Waals surface area (Å²) in [6, 6.07) is 16.6. The zero-order chi connectivity index (χ0) is 16.3. The summed E-state index contributed by atoms with van der Waals surface area (Å²) in [5.74, 6) is 0.00963. The van der Waals surface area contributed by atoms with Gasteiger partial charge in [0.15, 0.2) is 5.41 Å². The second kappa shape index (κ2) is 6.26. The van der Waals surface area contributed by atoms with E-state index in [2.05, 4.69) is 9.97 Å². The van der Waals surface area contributed by atoms with Crippen LogP contribution in [0.15, 0.2) is 67.0 Å². The van der Waals surface area contributed by atoms with E-state index < -0.39 is 11.4 Å². The van der Waals surface area contributed by atoms with Crippen molar-refractivity contribution in [2.75, 3.05) is 7.11 Å². The number of aromatic nitrogens is 2. The van der Waals surface area contributed by atoms with E-state index in [1.165, 1.54) is 7.11 Å². The molecule has 0 saturated carbocycles. The molecule has 2 aromatic carbocycles. The van der Waals surface area contributed by atoms with Crippen LogP contribution in [0.2, 0.25) is 5.02 Å². The second-order valence-corrected chi connectivity index (χ2v) is 5.43. The van der Waals surface area contributed by atoms with Gasteiger partial charge in [-0.1, -0.05) is 60.1 Å². The van der Waals surface area contributed by atoms with Gasteiger partial charge in [0.1, 0.15) is 5.82 Å². The van der Waals surface area contributed by atoms with E-state index >= 15 is 0 Å². The second-order valence-electron chi connectivity index (χ2n) is 5.03. The monoisotopic (exact) mass is 326 g/mol. The summed E-state index contributed by atoms with van der Waals surface area (Å²) in [6.07, 6.45) is 3.28. The molecular formula is C18H15ClN2O2. The molecule has 0 aliphatic rings. The third-order valence-electron chi connectivity index (χ3n) is 3.83. The number of nitrogens with one attached hydrogen (secondary N) is 1. The summed E-state index contributed by atoms with van der Waals surface area (Å²) in [4.78, 5) is 20.3. The highest BCUT2D eigenvalue weighted by molar-refractivity contribution is 6.32. The number of esters is 1. The van der Waals surface area contributed by atoms with Crippen LogP contribution in [0.1, 0.15) is 17.0 Å². The number of ether oxygens (including phenoxy) is 1. The Kier molecular flexibility index (Phi) is 4.17. The molecule has 3 rings (SSSR count). The molecule has 0 radical (unpaired) electrons. The number of benzene rings is 2. The molecule has 0 bridgehead atoms. The number of halogens is 1. The third kappa shape index (κ3) is 2.41. The van der Waals surface area contributed by atoms with Gasteiger partial charge in [-0.2, -0.15) is 0 Å². The van der Waals surface area contributed by atoms with E-state index in [1.54, 1.807) is 18.5 Å². The molecule has 0 spiro atoms. The maximum atomic E-state index is 12.9. The number of hydrogen-bond donors (Lipinski definition) is 1. The van der Waals surface area contributed by atoms with Crippen molar-refractivity contribution in [1.29, 1.82) is 0 Å². The molecular weight excluding hydrogens is 312 g/mol. The van der Waals surface area contributed by atoms with E-state index in [9.17, 15) is 4.79 Å². The number of aromatic amines is 1. The predicted octanol–water partition coefficient (Wildman–Crippen LogP) is 3.57. The number of carbonyl (C=O) groups excluding carboxylic acids is 1. The Hall–Kier alpha value is -2.59. The first kappa shape index (κ1) is 15.3. The van der Waals surface area contributed by atoms with Gasteiger partial charge < -0.3 is 9.72 Å².